The lowest BCUT2D eigenvalue weighted by molar-refractivity contribution is -0.130. The highest BCUT2D eigenvalue weighted by Crippen LogP contribution is 2.04. The molecule has 1 unspecified atom stereocenters. The smallest absolute Gasteiger partial charge is 0.243 e. The molecule has 25 heavy (non-hydrogen) atoms. The van der Waals surface area contributed by atoms with Gasteiger partial charge in [0.1, 0.15) is 6.04 Å². The molecular formula is C15H27N5O5. The summed E-state index contributed by atoms with van der Waals surface area (Å²) in [6.07, 6.45) is 0.439. The van der Waals surface area contributed by atoms with Gasteiger partial charge in [-0.3, -0.25) is 24.0 Å². The van der Waals surface area contributed by atoms with Crippen LogP contribution in [0.25, 0.3) is 0 Å². The molecule has 10 heteroatoms. The summed E-state index contributed by atoms with van der Waals surface area (Å²) in [4.78, 5) is 57.2. The molecule has 0 heterocycles. The fourth-order valence-electron chi connectivity index (χ4n) is 1.81. The number of rotatable bonds is 10. The van der Waals surface area contributed by atoms with Crippen molar-refractivity contribution < 1.29 is 24.0 Å². The molecule has 0 aromatic rings. The number of carbonyl (C=O) groups is 5. The minimum absolute atomic E-state index is 0.181. The fourth-order valence-corrected chi connectivity index (χ4v) is 1.81. The van der Waals surface area contributed by atoms with Crippen LogP contribution in [0.4, 0.5) is 0 Å². The van der Waals surface area contributed by atoms with Crippen LogP contribution in [-0.2, 0) is 24.0 Å². The van der Waals surface area contributed by atoms with Gasteiger partial charge in [0, 0.05) is 14.0 Å². The zero-order valence-corrected chi connectivity index (χ0v) is 15.0. The van der Waals surface area contributed by atoms with E-state index in [1.807, 2.05) is 13.8 Å². The molecule has 0 aromatic carbocycles. The molecule has 0 radical (unpaired) electrons. The number of hydrogen-bond donors (Lipinski definition) is 5. The lowest BCUT2D eigenvalue weighted by Gasteiger charge is -2.19. The molecule has 0 aliphatic carbocycles. The minimum Gasteiger partial charge on any atom is -0.358 e. The van der Waals surface area contributed by atoms with Crippen molar-refractivity contribution in [3.05, 3.63) is 0 Å². The van der Waals surface area contributed by atoms with E-state index in [0.29, 0.717) is 6.42 Å². The third kappa shape index (κ3) is 11.5. The topological polar surface area (TPSA) is 146 Å². The van der Waals surface area contributed by atoms with Gasteiger partial charge in [-0.05, 0) is 12.3 Å². The molecule has 0 saturated heterocycles. The Morgan fingerprint density at radius 1 is 0.800 bits per heavy atom. The van der Waals surface area contributed by atoms with Crippen molar-refractivity contribution in [1.29, 1.82) is 0 Å². The SMILES string of the molecule is CNC(=O)CNC(=O)CNC(=O)CNC(=O)C(CC(C)C)NC(C)=O. The molecule has 10 nitrogen and oxygen atoms in total. The maximum atomic E-state index is 12.0. The van der Waals surface area contributed by atoms with Gasteiger partial charge >= 0.3 is 0 Å². The molecule has 0 aliphatic heterocycles. The highest BCUT2D eigenvalue weighted by atomic mass is 16.2. The summed E-state index contributed by atoms with van der Waals surface area (Å²) in [5, 5.41) is 11.9. The standard InChI is InChI=1S/C15H27N5O5/c1-9(2)5-11(20-10(3)21)15(25)19-8-14(24)18-7-13(23)17-6-12(22)16-4/h9,11H,5-8H2,1-4H3,(H,16,22)(H,17,23)(H,18,24)(H,19,25)(H,20,21). The van der Waals surface area contributed by atoms with Crippen molar-refractivity contribution in [3.8, 4) is 0 Å². The first-order valence-corrected chi connectivity index (χ1v) is 7.94. The maximum Gasteiger partial charge on any atom is 0.243 e. The Bertz CT molecular complexity index is 507. The van der Waals surface area contributed by atoms with E-state index in [9.17, 15) is 24.0 Å². The summed E-state index contributed by atoms with van der Waals surface area (Å²) in [6, 6.07) is -0.721. The molecule has 1 atom stereocenters. The van der Waals surface area contributed by atoms with Crippen molar-refractivity contribution in [1.82, 2.24) is 26.6 Å². The third-order valence-electron chi connectivity index (χ3n) is 3.00. The molecule has 0 aromatic heterocycles. The second-order valence-electron chi connectivity index (χ2n) is 5.83. The van der Waals surface area contributed by atoms with Gasteiger partial charge in [-0.1, -0.05) is 13.8 Å². The maximum absolute atomic E-state index is 12.0. The first kappa shape index (κ1) is 22.4. The second kappa shape index (κ2) is 11.8. The summed E-state index contributed by atoms with van der Waals surface area (Å²) in [5.74, 6) is -2.07. The highest BCUT2D eigenvalue weighted by molar-refractivity contribution is 5.92. The Kier molecular flexibility index (Phi) is 10.6. The van der Waals surface area contributed by atoms with Gasteiger partial charge in [-0.2, -0.15) is 0 Å². The number of hydrogen-bond acceptors (Lipinski definition) is 5. The quantitative estimate of drug-likeness (QED) is 0.297. The Morgan fingerprint density at radius 2 is 1.28 bits per heavy atom. The van der Waals surface area contributed by atoms with Crippen LogP contribution >= 0.6 is 0 Å². The molecule has 5 amide bonds. The summed E-state index contributed by atoms with van der Waals surface area (Å²) >= 11 is 0. The van der Waals surface area contributed by atoms with Gasteiger partial charge in [0.05, 0.1) is 19.6 Å². The van der Waals surface area contributed by atoms with Crippen LogP contribution in [0.3, 0.4) is 0 Å². The Labute approximate surface area is 146 Å². The predicted molar refractivity (Wildman–Crippen MR) is 90.2 cm³/mol. The third-order valence-corrected chi connectivity index (χ3v) is 3.00. The molecule has 0 spiro atoms. The molecule has 0 rings (SSSR count). The lowest BCUT2D eigenvalue weighted by atomic mass is 10.0. The lowest BCUT2D eigenvalue weighted by Crippen LogP contribution is -2.49. The normalized spacial score (nSPS) is 11.2. The van der Waals surface area contributed by atoms with E-state index in [-0.39, 0.29) is 37.4 Å². The average molecular weight is 357 g/mol. The van der Waals surface area contributed by atoms with Crippen LogP contribution in [0.1, 0.15) is 27.2 Å². The predicted octanol–water partition coefficient (Wildman–Crippen LogP) is -2.37. The van der Waals surface area contributed by atoms with Crippen LogP contribution in [-0.4, -0.2) is 62.3 Å². The molecular weight excluding hydrogens is 330 g/mol. The zero-order valence-electron chi connectivity index (χ0n) is 15.0. The van der Waals surface area contributed by atoms with E-state index in [4.69, 9.17) is 0 Å². The number of amides is 5. The molecule has 0 fully saturated rings. The zero-order chi connectivity index (χ0) is 19.4. The molecule has 142 valence electrons. The molecule has 0 aliphatic rings. The summed E-state index contributed by atoms with van der Waals surface area (Å²) in [7, 11) is 1.44. The van der Waals surface area contributed by atoms with E-state index in [0.717, 1.165) is 0 Å². The second-order valence-corrected chi connectivity index (χ2v) is 5.83. The van der Waals surface area contributed by atoms with Crippen molar-refractivity contribution >= 4 is 29.5 Å². The minimum atomic E-state index is -0.721. The van der Waals surface area contributed by atoms with Crippen LogP contribution in [0.2, 0.25) is 0 Å². The largest absolute Gasteiger partial charge is 0.358 e. The van der Waals surface area contributed by atoms with Crippen LogP contribution in [0.5, 0.6) is 0 Å². The van der Waals surface area contributed by atoms with Gasteiger partial charge in [-0.15, -0.1) is 0 Å². The van der Waals surface area contributed by atoms with Gasteiger partial charge < -0.3 is 26.6 Å². The van der Waals surface area contributed by atoms with Gasteiger partial charge in [0.2, 0.25) is 29.5 Å². The van der Waals surface area contributed by atoms with Crippen molar-refractivity contribution in [2.45, 2.75) is 33.2 Å². The van der Waals surface area contributed by atoms with Crippen molar-refractivity contribution in [3.63, 3.8) is 0 Å². The van der Waals surface area contributed by atoms with Gasteiger partial charge in [0.15, 0.2) is 0 Å². The number of nitrogens with one attached hydrogen (secondary N) is 5. The monoisotopic (exact) mass is 357 g/mol. The Morgan fingerprint density at radius 3 is 1.72 bits per heavy atom. The Hall–Kier alpha value is -2.65. The first-order chi connectivity index (χ1) is 11.6. The molecule has 0 saturated carbocycles. The molecule has 0 bridgehead atoms. The van der Waals surface area contributed by atoms with E-state index in [1.165, 1.54) is 14.0 Å². The van der Waals surface area contributed by atoms with Gasteiger partial charge in [0.25, 0.3) is 0 Å². The van der Waals surface area contributed by atoms with E-state index < -0.39 is 23.8 Å². The van der Waals surface area contributed by atoms with Crippen LogP contribution in [0, 0.1) is 5.92 Å². The average Bonchev–Trinajstić information content (AvgIpc) is 2.53. The fraction of sp³-hybridized carbons (Fsp3) is 0.667. The Balaban J connectivity index is 4.20. The summed E-state index contributed by atoms with van der Waals surface area (Å²) < 4.78 is 0. The summed E-state index contributed by atoms with van der Waals surface area (Å²) in [5.41, 5.74) is 0. The number of carbonyl (C=O) groups excluding carboxylic acids is 5. The van der Waals surface area contributed by atoms with Crippen LogP contribution < -0.4 is 26.6 Å². The molecule has 5 N–H and O–H groups in total. The van der Waals surface area contributed by atoms with Crippen molar-refractivity contribution in [2.75, 3.05) is 26.7 Å². The number of likely N-dealkylation sites (N-methyl/N-ethyl adjacent to an activating group) is 1. The van der Waals surface area contributed by atoms with E-state index in [2.05, 4.69) is 26.6 Å². The first-order valence-electron chi connectivity index (χ1n) is 7.94. The van der Waals surface area contributed by atoms with Gasteiger partial charge in [-0.25, -0.2) is 0 Å². The van der Waals surface area contributed by atoms with E-state index in [1.54, 1.807) is 0 Å². The van der Waals surface area contributed by atoms with Crippen LogP contribution in [0.15, 0.2) is 0 Å². The highest BCUT2D eigenvalue weighted by Gasteiger charge is 2.21. The summed E-state index contributed by atoms with van der Waals surface area (Å²) in [6.45, 7) is 4.31. The van der Waals surface area contributed by atoms with E-state index >= 15 is 0 Å². The van der Waals surface area contributed by atoms with Crippen molar-refractivity contribution in [2.24, 2.45) is 5.92 Å².